The predicted molar refractivity (Wildman–Crippen MR) is 83.8 cm³/mol. The molecule has 1 saturated carbocycles. The molecule has 1 aliphatic carbocycles. The Kier molecular flexibility index (Phi) is 5.38. The van der Waals surface area contributed by atoms with Crippen LogP contribution in [0, 0.1) is 5.92 Å². The molecule has 1 atom stereocenters. The molecule has 3 amide bonds. The van der Waals surface area contributed by atoms with E-state index in [1.165, 1.54) is 0 Å². The number of amides is 3. The maximum Gasteiger partial charge on any atom is 0.315 e. The molecule has 2 aliphatic heterocycles. The van der Waals surface area contributed by atoms with Crippen LogP contribution in [0.25, 0.3) is 0 Å². The molecule has 2 saturated heterocycles. The van der Waals surface area contributed by atoms with Gasteiger partial charge in [-0.1, -0.05) is 0 Å². The van der Waals surface area contributed by atoms with Crippen LogP contribution in [0.3, 0.4) is 0 Å². The number of rotatable bonds is 3. The highest BCUT2D eigenvalue weighted by molar-refractivity contribution is 5.87. The molecule has 23 heavy (non-hydrogen) atoms. The zero-order valence-electron chi connectivity index (χ0n) is 13.6. The van der Waals surface area contributed by atoms with Crippen molar-refractivity contribution in [2.24, 2.45) is 5.92 Å². The van der Waals surface area contributed by atoms with Gasteiger partial charge in [0.1, 0.15) is 6.04 Å². The third kappa shape index (κ3) is 4.35. The van der Waals surface area contributed by atoms with Crippen molar-refractivity contribution in [2.75, 3.05) is 26.3 Å². The molecule has 0 aromatic carbocycles. The Labute approximate surface area is 136 Å². The lowest BCUT2D eigenvalue weighted by molar-refractivity contribution is -0.182. The first-order valence-electron chi connectivity index (χ1n) is 8.77. The highest BCUT2D eigenvalue weighted by atomic mass is 16.7. The summed E-state index contributed by atoms with van der Waals surface area (Å²) in [5.74, 6) is 0.0203. The first-order chi connectivity index (χ1) is 11.2. The van der Waals surface area contributed by atoms with Gasteiger partial charge in [-0.15, -0.1) is 0 Å². The van der Waals surface area contributed by atoms with Crippen LogP contribution in [0.4, 0.5) is 4.79 Å². The van der Waals surface area contributed by atoms with Gasteiger partial charge in [0.15, 0.2) is 5.79 Å². The Morgan fingerprint density at radius 3 is 2.65 bits per heavy atom. The summed E-state index contributed by atoms with van der Waals surface area (Å²) in [6.07, 6.45) is 6.40. The van der Waals surface area contributed by atoms with Crippen LogP contribution in [0.1, 0.15) is 44.9 Å². The van der Waals surface area contributed by atoms with Crippen molar-refractivity contribution in [1.82, 2.24) is 16.0 Å². The minimum atomic E-state index is -0.410. The molecule has 3 fully saturated rings. The molecular formula is C16H27N3O4. The summed E-state index contributed by atoms with van der Waals surface area (Å²) in [5, 5.41) is 8.52. The summed E-state index contributed by atoms with van der Waals surface area (Å²) in [4.78, 5) is 23.8. The van der Waals surface area contributed by atoms with Crippen LogP contribution >= 0.6 is 0 Å². The molecular weight excluding hydrogens is 298 g/mol. The standard InChI is InChI=1S/C16H27N3O4/c20-14-13(3-1-2-8-17-14)19-15(21)18-11-12-4-6-16(7-5-12)22-9-10-23-16/h12-13H,1-11H2,(H,17,20)(H2,18,19,21)/t13-/m0/s1. The first kappa shape index (κ1) is 16.5. The van der Waals surface area contributed by atoms with Gasteiger partial charge >= 0.3 is 6.03 Å². The predicted octanol–water partition coefficient (Wildman–Crippen LogP) is 0.888. The minimum absolute atomic E-state index is 0.0761. The van der Waals surface area contributed by atoms with Crippen LogP contribution < -0.4 is 16.0 Å². The fraction of sp³-hybridized carbons (Fsp3) is 0.875. The van der Waals surface area contributed by atoms with Crippen molar-refractivity contribution >= 4 is 11.9 Å². The van der Waals surface area contributed by atoms with Crippen LogP contribution in [0.2, 0.25) is 0 Å². The smallest absolute Gasteiger partial charge is 0.315 e. The minimum Gasteiger partial charge on any atom is -0.354 e. The van der Waals surface area contributed by atoms with E-state index in [1.54, 1.807) is 0 Å². The molecule has 0 aromatic rings. The Bertz CT molecular complexity index is 427. The van der Waals surface area contributed by atoms with E-state index in [-0.39, 0.29) is 17.7 Å². The number of hydrogen-bond acceptors (Lipinski definition) is 4. The summed E-state index contributed by atoms with van der Waals surface area (Å²) in [5.41, 5.74) is 0. The highest BCUT2D eigenvalue weighted by Crippen LogP contribution is 2.37. The van der Waals surface area contributed by atoms with Crippen LogP contribution in [-0.4, -0.2) is 50.1 Å². The fourth-order valence-corrected chi connectivity index (χ4v) is 3.63. The number of ether oxygens (including phenoxy) is 2. The first-order valence-corrected chi connectivity index (χ1v) is 8.77. The lowest BCUT2D eigenvalue weighted by Gasteiger charge is -2.35. The number of nitrogens with one attached hydrogen (secondary N) is 3. The second kappa shape index (κ2) is 7.49. The molecule has 0 unspecified atom stereocenters. The Morgan fingerprint density at radius 2 is 1.91 bits per heavy atom. The molecule has 3 aliphatic rings. The third-order valence-electron chi connectivity index (χ3n) is 5.07. The van der Waals surface area contributed by atoms with E-state index in [0.717, 1.165) is 38.5 Å². The van der Waals surface area contributed by atoms with Crippen molar-refractivity contribution in [3.05, 3.63) is 0 Å². The molecule has 3 rings (SSSR count). The lowest BCUT2D eigenvalue weighted by Crippen LogP contribution is -2.50. The number of urea groups is 1. The third-order valence-corrected chi connectivity index (χ3v) is 5.07. The van der Waals surface area contributed by atoms with Gasteiger partial charge in [-0.2, -0.15) is 0 Å². The monoisotopic (exact) mass is 325 g/mol. The van der Waals surface area contributed by atoms with Gasteiger partial charge in [-0.05, 0) is 38.0 Å². The second-order valence-electron chi connectivity index (χ2n) is 6.74. The van der Waals surface area contributed by atoms with E-state index < -0.39 is 6.04 Å². The van der Waals surface area contributed by atoms with Gasteiger partial charge in [-0.3, -0.25) is 4.79 Å². The average molecular weight is 325 g/mol. The zero-order chi connectivity index (χ0) is 16.1. The zero-order valence-corrected chi connectivity index (χ0v) is 13.6. The Balaban J connectivity index is 1.37. The van der Waals surface area contributed by atoms with Gasteiger partial charge in [0.05, 0.1) is 13.2 Å². The highest BCUT2D eigenvalue weighted by Gasteiger charge is 2.40. The molecule has 3 N–H and O–H groups in total. The van der Waals surface area contributed by atoms with Gasteiger partial charge in [0.25, 0.3) is 0 Å². The van der Waals surface area contributed by atoms with E-state index in [4.69, 9.17) is 9.47 Å². The molecule has 0 aromatic heterocycles. The molecule has 7 nitrogen and oxygen atoms in total. The Morgan fingerprint density at radius 1 is 1.17 bits per heavy atom. The molecule has 130 valence electrons. The Hall–Kier alpha value is -1.34. The van der Waals surface area contributed by atoms with Gasteiger partial charge < -0.3 is 25.4 Å². The quantitative estimate of drug-likeness (QED) is 0.719. The van der Waals surface area contributed by atoms with Crippen LogP contribution in [0.5, 0.6) is 0 Å². The molecule has 1 spiro atoms. The summed E-state index contributed by atoms with van der Waals surface area (Å²) in [6, 6.07) is -0.659. The molecule has 2 heterocycles. The van der Waals surface area contributed by atoms with Gasteiger partial charge in [0.2, 0.25) is 5.91 Å². The summed E-state index contributed by atoms with van der Waals surface area (Å²) < 4.78 is 11.4. The summed E-state index contributed by atoms with van der Waals surface area (Å²) in [6.45, 7) is 2.71. The number of hydrogen-bond donors (Lipinski definition) is 3. The summed E-state index contributed by atoms with van der Waals surface area (Å²) in [7, 11) is 0. The van der Waals surface area contributed by atoms with Crippen LogP contribution in [0.15, 0.2) is 0 Å². The van der Waals surface area contributed by atoms with Crippen LogP contribution in [-0.2, 0) is 14.3 Å². The van der Waals surface area contributed by atoms with E-state index >= 15 is 0 Å². The number of carbonyl (C=O) groups is 2. The largest absolute Gasteiger partial charge is 0.354 e. The van der Waals surface area contributed by atoms with Crippen molar-refractivity contribution in [3.8, 4) is 0 Å². The fourth-order valence-electron chi connectivity index (χ4n) is 3.63. The normalized spacial score (nSPS) is 28.2. The number of carbonyl (C=O) groups excluding carboxylic acids is 2. The van der Waals surface area contributed by atoms with E-state index in [9.17, 15) is 9.59 Å². The molecule has 0 radical (unpaired) electrons. The van der Waals surface area contributed by atoms with Crippen molar-refractivity contribution in [3.63, 3.8) is 0 Å². The maximum absolute atomic E-state index is 12.0. The van der Waals surface area contributed by atoms with Gasteiger partial charge in [-0.25, -0.2) is 4.79 Å². The van der Waals surface area contributed by atoms with E-state index in [0.29, 0.717) is 38.6 Å². The lowest BCUT2D eigenvalue weighted by atomic mass is 9.85. The maximum atomic E-state index is 12.0. The summed E-state index contributed by atoms with van der Waals surface area (Å²) >= 11 is 0. The average Bonchev–Trinajstić information content (AvgIpc) is 2.91. The topological polar surface area (TPSA) is 88.7 Å². The molecule has 0 bridgehead atoms. The van der Waals surface area contributed by atoms with Crippen molar-refractivity contribution < 1.29 is 19.1 Å². The van der Waals surface area contributed by atoms with E-state index in [2.05, 4.69) is 16.0 Å². The van der Waals surface area contributed by atoms with E-state index in [1.807, 2.05) is 0 Å². The molecule has 7 heteroatoms. The SMILES string of the molecule is O=C(NCC1CCC2(CC1)OCCO2)N[C@H]1CCCCNC1=O. The second-order valence-corrected chi connectivity index (χ2v) is 6.74. The van der Waals surface area contributed by atoms with Gasteiger partial charge in [0, 0.05) is 25.9 Å². The van der Waals surface area contributed by atoms with Crippen molar-refractivity contribution in [1.29, 1.82) is 0 Å². The van der Waals surface area contributed by atoms with Crippen molar-refractivity contribution in [2.45, 2.75) is 56.8 Å².